The highest BCUT2D eigenvalue weighted by molar-refractivity contribution is 5.94. The Kier molecular flexibility index (Phi) is 6.29. The van der Waals surface area contributed by atoms with Gasteiger partial charge in [-0.15, -0.1) is 0 Å². The summed E-state index contributed by atoms with van der Waals surface area (Å²) < 4.78 is 0. The number of carbonyl (C=O) groups excluding carboxylic acids is 1. The molecule has 1 aliphatic heterocycles. The van der Waals surface area contributed by atoms with E-state index >= 15 is 0 Å². The van der Waals surface area contributed by atoms with Gasteiger partial charge >= 0.3 is 0 Å². The van der Waals surface area contributed by atoms with E-state index in [1.54, 1.807) is 4.90 Å². The van der Waals surface area contributed by atoms with Gasteiger partial charge in [-0.05, 0) is 31.9 Å². The largest absolute Gasteiger partial charge is 0.353 e. The molecule has 1 N–H and O–H groups in total. The number of nitrogens with one attached hydrogen (secondary N) is 1. The lowest BCUT2D eigenvalue weighted by Crippen LogP contribution is -2.49. The van der Waals surface area contributed by atoms with E-state index in [1.165, 1.54) is 43.5 Å². The van der Waals surface area contributed by atoms with E-state index in [4.69, 9.17) is 4.98 Å². The molecule has 1 amide bonds. The number of aromatic nitrogens is 2. The van der Waals surface area contributed by atoms with Crippen molar-refractivity contribution in [3.8, 4) is 0 Å². The Labute approximate surface area is 181 Å². The Morgan fingerprint density at radius 3 is 2.39 bits per heavy atom. The van der Waals surface area contributed by atoms with Crippen molar-refractivity contribution in [3.05, 3.63) is 51.7 Å². The number of nitro benzene ring substituents is 1. The number of hydrogen-bond acceptors (Lipinski definition) is 7. The first-order valence-electron chi connectivity index (χ1n) is 10.9. The van der Waals surface area contributed by atoms with Crippen molar-refractivity contribution in [2.75, 3.05) is 36.4 Å². The van der Waals surface area contributed by atoms with Crippen LogP contribution in [0.3, 0.4) is 0 Å². The number of non-ortho nitro benzene ring substituents is 1. The molecule has 0 bridgehead atoms. The molecule has 0 spiro atoms. The minimum Gasteiger partial charge on any atom is -0.353 e. The third kappa shape index (κ3) is 5.10. The van der Waals surface area contributed by atoms with E-state index in [-0.39, 0.29) is 11.6 Å². The molecule has 0 unspecified atom stereocenters. The molecule has 1 saturated carbocycles. The molecule has 1 aromatic carbocycles. The fourth-order valence-electron chi connectivity index (χ4n) is 4.25. The van der Waals surface area contributed by atoms with Crippen molar-refractivity contribution in [1.29, 1.82) is 0 Å². The van der Waals surface area contributed by atoms with Crippen molar-refractivity contribution in [1.82, 2.24) is 14.9 Å². The molecule has 9 nitrogen and oxygen atoms in total. The van der Waals surface area contributed by atoms with Crippen LogP contribution in [0, 0.1) is 17.0 Å². The highest BCUT2D eigenvalue weighted by Crippen LogP contribution is 2.23. The Bertz CT molecular complexity index is 935. The molecule has 0 atom stereocenters. The predicted octanol–water partition coefficient (Wildman–Crippen LogP) is 3.40. The second-order valence-electron chi connectivity index (χ2n) is 8.25. The van der Waals surface area contributed by atoms with Crippen LogP contribution in [0.5, 0.6) is 0 Å². The molecular formula is C22H28N6O3. The molecule has 2 fully saturated rings. The van der Waals surface area contributed by atoms with E-state index in [0.717, 1.165) is 24.4 Å². The summed E-state index contributed by atoms with van der Waals surface area (Å²) in [6.07, 6.45) is 6.13. The Morgan fingerprint density at radius 1 is 1.06 bits per heavy atom. The SMILES string of the molecule is Cc1cc(N2CCN(C(=O)c3ccc([N+](=O)[O-])cc3)CC2)nc(NC2CCCCC2)n1. The number of piperazine rings is 1. The number of carbonyl (C=O) groups is 1. The van der Waals surface area contributed by atoms with Crippen LogP contribution in [0.15, 0.2) is 30.3 Å². The number of amides is 1. The van der Waals surface area contributed by atoms with E-state index in [9.17, 15) is 14.9 Å². The van der Waals surface area contributed by atoms with Gasteiger partial charge in [0.2, 0.25) is 5.95 Å². The van der Waals surface area contributed by atoms with Gasteiger partial charge in [-0.25, -0.2) is 4.98 Å². The van der Waals surface area contributed by atoms with Crippen LogP contribution in [0.25, 0.3) is 0 Å². The van der Waals surface area contributed by atoms with Gasteiger partial charge in [0.05, 0.1) is 4.92 Å². The number of nitro groups is 1. The third-order valence-corrected chi connectivity index (χ3v) is 6.00. The molecule has 164 valence electrons. The van der Waals surface area contributed by atoms with E-state index in [1.807, 2.05) is 13.0 Å². The van der Waals surface area contributed by atoms with Gasteiger partial charge < -0.3 is 15.1 Å². The van der Waals surface area contributed by atoms with Gasteiger partial charge in [0.1, 0.15) is 5.82 Å². The third-order valence-electron chi connectivity index (χ3n) is 6.00. The van der Waals surface area contributed by atoms with E-state index in [0.29, 0.717) is 43.7 Å². The number of benzene rings is 1. The molecule has 1 saturated heterocycles. The Balaban J connectivity index is 1.37. The average Bonchev–Trinajstić information content (AvgIpc) is 2.79. The zero-order valence-electron chi connectivity index (χ0n) is 17.8. The summed E-state index contributed by atoms with van der Waals surface area (Å²) in [7, 11) is 0. The maximum Gasteiger partial charge on any atom is 0.269 e. The van der Waals surface area contributed by atoms with Gasteiger partial charge in [-0.3, -0.25) is 14.9 Å². The molecule has 1 aromatic heterocycles. The summed E-state index contributed by atoms with van der Waals surface area (Å²) >= 11 is 0. The normalized spacial score (nSPS) is 17.5. The zero-order chi connectivity index (χ0) is 21.8. The fourth-order valence-corrected chi connectivity index (χ4v) is 4.25. The molecule has 0 radical (unpaired) electrons. The van der Waals surface area contributed by atoms with Gasteiger partial charge in [0.25, 0.3) is 11.6 Å². The Morgan fingerprint density at radius 2 is 1.74 bits per heavy atom. The van der Waals surface area contributed by atoms with Crippen LogP contribution in [0.1, 0.15) is 48.2 Å². The molecule has 4 rings (SSSR count). The number of anilines is 2. The van der Waals surface area contributed by atoms with Crippen LogP contribution in [0.4, 0.5) is 17.5 Å². The van der Waals surface area contributed by atoms with Gasteiger partial charge in [-0.1, -0.05) is 19.3 Å². The van der Waals surface area contributed by atoms with E-state index in [2.05, 4.69) is 15.2 Å². The van der Waals surface area contributed by atoms with Crippen molar-refractivity contribution in [2.45, 2.75) is 45.1 Å². The average molecular weight is 425 g/mol. The van der Waals surface area contributed by atoms with Crippen molar-refractivity contribution in [2.24, 2.45) is 0 Å². The quantitative estimate of drug-likeness (QED) is 0.579. The highest BCUT2D eigenvalue weighted by Gasteiger charge is 2.24. The Hall–Kier alpha value is -3.23. The van der Waals surface area contributed by atoms with Crippen molar-refractivity contribution in [3.63, 3.8) is 0 Å². The van der Waals surface area contributed by atoms with Gasteiger partial charge in [0.15, 0.2) is 0 Å². The highest BCUT2D eigenvalue weighted by atomic mass is 16.6. The summed E-state index contributed by atoms with van der Waals surface area (Å²) in [6, 6.07) is 8.20. The topological polar surface area (TPSA) is 104 Å². The first kappa shape index (κ1) is 21.0. The lowest BCUT2D eigenvalue weighted by molar-refractivity contribution is -0.384. The van der Waals surface area contributed by atoms with Gasteiger partial charge in [0, 0.05) is 61.7 Å². The zero-order valence-corrected chi connectivity index (χ0v) is 17.8. The number of rotatable bonds is 5. The number of hydrogen-bond donors (Lipinski definition) is 1. The summed E-state index contributed by atoms with van der Waals surface area (Å²) in [5, 5.41) is 14.3. The van der Waals surface area contributed by atoms with Crippen LogP contribution < -0.4 is 10.2 Å². The molecule has 2 heterocycles. The number of nitrogens with zero attached hydrogens (tertiary/aromatic N) is 5. The van der Waals surface area contributed by atoms with E-state index < -0.39 is 4.92 Å². The maximum atomic E-state index is 12.8. The predicted molar refractivity (Wildman–Crippen MR) is 118 cm³/mol. The van der Waals surface area contributed by atoms with Crippen LogP contribution in [0.2, 0.25) is 0 Å². The first-order valence-corrected chi connectivity index (χ1v) is 10.9. The minimum atomic E-state index is -0.464. The fraction of sp³-hybridized carbons (Fsp3) is 0.500. The summed E-state index contributed by atoms with van der Waals surface area (Å²) in [6.45, 7) is 4.48. The second kappa shape index (κ2) is 9.28. The van der Waals surface area contributed by atoms with Crippen molar-refractivity contribution >= 4 is 23.4 Å². The summed E-state index contributed by atoms with van der Waals surface area (Å²) in [4.78, 5) is 36.4. The molecule has 1 aliphatic carbocycles. The summed E-state index contributed by atoms with van der Waals surface area (Å²) in [5.41, 5.74) is 1.38. The maximum absolute atomic E-state index is 12.8. The second-order valence-corrected chi connectivity index (χ2v) is 8.25. The summed E-state index contributed by atoms with van der Waals surface area (Å²) in [5.74, 6) is 1.47. The molecule has 2 aliphatic rings. The molecule has 31 heavy (non-hydrogen) atoms. The van der Waals surface area contributed by atoms with Crippen molar-refractivity contribution < 1.29 is 9.72 Å². The number of aryl methyl sites for hydroxylation is 1. The molecule has 2 aromatic rings. The van der Waals surface area contributed by atoms with Crippen LogP contribution in [-0.4, -0.2) is 57.9 Å². The molecular weight excluding hydrogens is 396 g/mol. The van der Waals surface area contributed by atoms with Crippen LogP contribution >= 0.6 is 0 Å². The minimum absolute atomic E-state index is 0.0156. The lowest BCUT2D eigenvalue weighted by Gasteiger charge is -2.35. The van der Waals surface area contributed by atoms with Crippen LogP contribution in [-0.2, 0) is 0 Å². The smallest absolute Gasteiger partial charge is 0.269 e. The lowest BCUT2D eigenvalue weighted by atomic mass is 9.96. The molecule has 9 heteroatoms. The monoisotopic (exact) mass is 424 g/mol. The standard InChI is InChI=1S/C22H28N6O3/c1-16-15-20(25-22(23-16)24-18-5-3-2-4-6-18)26-11-13-27(14-12-26)21(29)17-7-9-19(10-8-17)28(30)31/h7-10,15,18H,2-6,11-14H2,1H3,(H,23,24,25). The first-order chi connectivity index (χ1) is 15.0. The van der Waals surface area contributed by atoms with Gasteiger partial charge in [-0.2, -0.15) is 4.98 Å².